The Morgan fingerprint density at radius 3 is 2.71 bits per heavy atom. The molecule has 0 aliphatic rings. The number of aliphatic hydroxyl groups is 1. The number of benzene rings is 1. The van der Waals surface area contributed by atoms with Gasteiger partial charge in [0, 0.05) is 18.3 Å². The highest BCUT2D eigenvalue weighted by molar-refractivity contribution is 5.80. The van der Waals surface area contributed by atoms with Crippen molar-refractivity contribution in [1.29, 1.82) is 0 Å². The Bertz CT molecular complexity index is 405. The van der Waals surface area contributed by atoms with Gasteiger partial charge >= 0.3 is 0 Å². The quantitative estimate of drug-likeness (QED) is 0.790. The predicted octanol–water partition coefficient (Wildman–Crippen LogP) is 0.670. The minimum absolute atomic E-state index is 0.0902. The maximum Gasteiger partial charge on any atom is 0.236 e. The van der Waals surface area contributed by atoms with Crippen molar-refractivity contribution in [2.24, 2.45) is 5.73 Å². The average molecular weight is 238 g/mol. The van der Waals surface area contributed by atoms with Crippen LogP contribution in [0.1, 0.15) is 18.6 Å². The Morgan fingerprint density at radius 2 is 2.24 bits per heavy atom. The SMILES string of the molecule is COc1cccc(N(C)CC(N)=O)c1[C@@H](C)O. The second-order valence-electron chi connectivity index (χ2n) is 3.89. The number of nitrogens with two attached hydrogens (primary N) is 1. The number of hydrogen-bond donors (Lipinski definition) is 2. The van der Waals surface area contributed by atoms with Crippen LogP contribution in [0.5, 0.6) is 5.75 Å². The number of carbonyl (C=O) groups is 1. The van der Waals surface area contributed by atoms with Crippen LogP contribution < -0.4 is 15.4 Å². The molecule has 0 heterocycles. The van der Waals surface area contributed by atoms with E-state index in [1.807, 2.05) is 6.07 Å². The lowest BCUT2D eigenvalue weighted by molar-refractivity contribution is -0.116. The van der Waals surface area contributed by atoms with E-state index in [0.29, 0.717) is 11.3 Å². The number of hydrogen-bond acceptors (Lipinski definition) is 4. The number of anilines is 1. The fourth-order valence-corrected chi connectivity index (χ4v) is 1.78. The van der Waals surface area contributed by atoms with Crippen molar-refractivity contribution in [2.45, 2.75) is 13.0 Å². The zero-order valence-electron chi connectivity index (χ0n) is 10.3. The van der Waals surface area contributed by atoms with Crippen LogP contribution >= 0.6 is 0 Å². The zero-order valence-corrected chi connectivity index (χ0v) is 10.3. The van der Waals surface area contributed by atoms with E-state index in [2.05, 4.69) is 0 Å². The van der Waals surface area contributed by atoms with Gasteiger partial charge in [-0.25, -0.2) is 0 Å². The third-order valence-corrected chi connectivity index (χ3v) is 2.49. The zero-order chi connectivity index (χ0) is 13.0. The topological polar surface area (TPSA) is 75.8 Å². The number of carbonyl (C=O) groups excluding carboxylic acids is 1. The van der Waals surface area contributed by atoms with Gasteiger partial charge in [0.2, 0.25) is 5.91 Å². The molecule has 0 fully saturated rings. The van der Waals surface area contributed by atoms with Gasteiger partial charge in [0.25, 0.3) is 0 Å². The van der Waals surface area contributed by atoms with Gasteiger partial charge in [-0.1, -0.05) is 6.07 Å². The summed E-state index contributed by atoms with van der Waals surface area (Å²) in [6.07, 6.45) is -0.684. The van der Waals surface area contributed by atoms with Crippen LogP contribution in [0.15, 0.2) is 18.2 Å². The molecule has 1 rings (SSSR count). The lowest BCUT2D eigenvalue weighted by Gasteiger charge is -2.23. The molecule has 0 saturated carbocycles. The second kappa shape index (κ2) is 5.54. The summed E-state index contributed by atoms with van der Waals surface area (Å²) in [6.45, 7) is 1.74. The number of likely N-dealkylation sites (N-methyl/N-ethyl adjacent to an activating group) is 1. The van der Waals surface area contributed by atoms with Gasteiger partial charge in [-0.3, -0.25) is 4.79 Å². The Kier molecular flexibility index (Phi) is 4.34. The van der Waals surface area contributed by atoms with Crippen LogP contribution in [-0.4, -0.2) is 31.7 Å². The highest BCUT2D eigenvalue weighted by atomic mass is 16.5. The average Bonchev–Trinajstić information content (AvgIpc) is 2.26. The normalized spacial score (nSPS) is 12.0. The van der Waals surface area contributed by atoms with Crippen LogP contribution in [0.2, 0.25) is 0 Å². The van der Waals surface area contributed by atoms with Crippen molar-refractivity contribution in [3.8, 4) is 5.75 Å². The first-order chi connectivity index (χ1) is 7.97. The molecule has 0 unspecified atom stereocenters. The van der Waals surface area contributed by atoms with Gasteiger partial charge in [0.05, 0.1) is 19.8 Å². The molecular formula is C12H18N2O3. The summed E-state index contributed by atoms with van der Waals surface area (Å²) in [5, 5.41) is 9.78. The number of rotatable bonds is 5. The predicted molar refractivity (Wildman–Crippen MR) is 66.1 cm³/mol. The third kappa shape index (κ3) is 3.10. The van der Waals surface area contributed by atoms with Crippen molar-refractivity contribution in [3.63, 3.8) is 0 Å². The van der Waals surface area contributed by atoms with Crippen LogP contribution in [0.3, 0.4) is 0 Å². The number of primary amides is 1. The van der Waals surface area contributed by atoms with Gasteiger partial charge < -0.3 is 20.5 Å². The molecule has 5 nitrogen and oxygen atoms in total. The molecule has 1 aromatic carbocycles. The van der Waals surface area contributed by atoms with Gasteiger partial charge in [-0.05, 0) is 19.1 Å². The van der Waals surface area contributed by atoms with E-state index >= 15 is 0 Å². The highest BCUT2D eigenvalue weighted by Crippen LogP contribution is 2.33. The number of methoxy groups -OCH3 is 1. The highest BCUT2D eigenvalue weighted by Gasteiger charge is 2.17. The molecule has 17 heavy (non-hydrogen) atoms. The monoisotopic (exact) mass is 238 g/mol. The molecule has 94 valence electrons. The fraction of sp³-hybridized carbons (Fsp3) is 0.417. The van der Waals surface area contributed by atoms with Gasteiger partial charge in [0.15, 0.2) is 0 Å². The Balaban J connectivity index is 3.18. The molecule has 1 amide bonds. The van der Waals surface area contributed by atoms with Crippen LogP contribution in [0.4, 0.5) is 5.69 Å². The van der Waals surface area contributed by atoms with E-state index in [-0.39, 0.29) is 6.54 Å². The molecule has 0 spiro atoms. The number of nitrogens with zero attached hydrogens (tertiary/aromatic N) is 1. The molecule has 0 aliphatic heterocycles. The third-order valence-electron chi connectivity index (χ3n) is 2.49. The van der Waals surface area contributed by atoms with Crippen molar-refractivity contribution >= 4 is 11.6 Å². The summed E-state index contributed by atoms with van der Waals surface area (Å²) in [6, 6.07) is 5.38. The molecule has 0 bridgehead atoms. The molecule has 3 N–H and O–H groups in total. The van der Waals surface area contributed by atoms with E-state index in [0.717, 1.165) is 5.69 Å². The smallest absolute Gasteiger partial charge is 0.236 e. The first kappa shape index (κ1) is 13.3. The minimum Gasteiger partial charge on any atom is -0.496 e. The minimum atomic E-state index is -0.684. The molecule has 0 saturated heterocycles. The summed E-state index contributed by atoms with van der Waals surface area (Å²) >= 11 is 0. The molecule has 0 aliphatic carbocycles. The van der Waals surface area contributed by atoms with E-state index < -0.39 is 12.0 Å². The maximum absolute atomic E-state index is 10.9. The summed E-state index contributed by atoms with van der Waals surface area (Å²) in [4.78, 5) is 12.6. The molecule has 0 radical (unpaired) electrons. The largest absolute Gasteiger partial charge is 0.496 e. The van der Waals surface area contributed by atoms with Gasteiger partial charge in [-0.15, -0.1) is 0 Å². The number of aliphatic hydroxyl groups excluding tert-OH is 1. The van der Waals surface area contributed by atoms with Crippen LogP contribution in [0.25, 0.3) is 0 Å². The lowest BCUT2D eigenvalue weighted by Crippen LogP contribution is -2.31. The van der Waals surface area contributed by atoms with E-state index in [4.69, 9.17) is 10.5 Å². The van der Waals surface area contributed by atoms with Crippen molar-refractivity contribution in [3.05, 3.63) is 23.8 Å². The van der Waals surface area contributed by atoms with Crippen molar-refractivity contribution in [1.82, 2.24) is 0 Å². The number of ether oxygens (including phenoxy) is 1. The summed E-state index contributed by atoms with van der Waals surface area (Å²) in [5.41, 5.74) is 6.54. The first-order valence-electron chi connectivity index (χ1n) is 5.31. The standard InChI is InChI=1S/C12H18N2O3/c1-8(15)12-9(14(2)7-11(13)16)5-4-6-10(12)17-3/h4-6,8,15H,7H2,1-3H3,(H2,13,16)/t8-/m1/s1. The van der Waals surface area contributed by atoms with Gasteiger partial charge in [-0.2, -0.15) is 0 Å². The van der Waals surface area contributed by atoms with E-state index in [1.54, 1.807) is 38.1 Å². The Hall–Kier alpha value is -1.75. The van der Waals surface area contributed by atoms with E-state index in [1.165, 1.54) is 0 Å². The fourth-order valence-electron chi connectivity index (χ4n) is 1.78. The lowest BCUT2D eigenvalue weighted by atomic mass is 10.1. The van der Waals surface area contributed by atoms with Crippen molar-refractivity contribution < 1.29 is 14.6 Å². The molecule has 5 heteroatoms. The molecule has 1 aromatic rings. The molecule has 0 aromatic heterocycles. The summed E-state index contributed by atoms with van der Waals surface area (Å²) in [5.74, 6) is 0.167. The van der Waals surface area contributed by atoms with Gasteiger partial charge in [0.1, 0.15) is 5.75 Å². The summed E-state index contributed by atoms with van der Waals surface area (Å²) < 4.78 is 5.20. The maximum atomic E-state index is 10.9. The molecular weight excluding hydrogens is 220 g/mol. The van der Waals surface area contributed by atoms with Crippen molar-refractivity contribution in [2.75, 3.05) is 25.6 Å². The second-order valence-corrected chi connectivity index (χ2v) is 3.89. The Labute approximate surface area is 101 Å². The number of amides is 1. The molecule has 1 atom stereocenters. The van der Waals surface area contributed by atoms with Crippen LogP contribution in [-0.2, 0) is 4.79 Å². The summed E-state index contributed by atoms with van der Waals surface area (Å²) in [7, 11) is 3.28. The Morgan fingerprint density at radius 1 is 1.59 bits per heavy atom. The van der Waals surface area contributed by atoms with E-state index in [9.17, 15) is 9.90 Å². The first-order valence-corrected chi connectivity index (χ1v) is 5.31. The van der Waals surface area contributed by atoms with Crippen LogP contribution in [0, 0.1) is 0 Å².